The first-order valence-corrected chi connectivity index (χ1v) is 7.06. The van der Waals surface area contributed by atoms with Crippen molar-refractivity contribution in [3.05, 3.63) is 72.4 Å². The minimum Gasteiger partial charge on any atom is -0.356 e. The molecule has 0 aromatic heterocycles. The molecule has 1 aromatic rings. The minimum atomic E-state index is 0.0783. The normalized spacial score (nSPS) is 11.7. The standard InChI is InChI=1S/C18H23NO/c1-2-3-4-5-6-7-11-14-18(20)19-16-15-17-12-9-8-10-13-17/h2-5,7-13H,6,14-16H2,1H3,(H,19,20). The van der Waals surface area contributed by atoms with Crippen LogP contribution < -0.4 is 5.32 Å². The molecular weight excluding hydrogens is 246 g/mol. The fourth-order valence-electron chi connectivity index (χ4n) is 1.70. The zero-order chi connectivity index (χ0) is 14.5. The zero-order valence-corrected chi connectivity index (χ0v) is 12.1. The summed E-state index contributed by atoms with van der Waals surface area (Å²) in [7, 11) is 0. The molecule has 0 bridgehead atoms. The van der Waals surface area contributed by atoms with Gasteiger partial charge in [-0.1, -0.05) is 66.8 Å². The summed E-state index contributed by atoms with van der Waals surface area (Å²) in [4.78, 5) is 11.6. The second-order valence-corrected chi connectivity index (χ2v) is 4.45. The molecule has 106 valence electrons. The van der Waals surface area contributed by atoms with Gasteiger partial charge in [0.1, 0.15) is 0 Å². The number of nitrogens with one attached hydrogen (secondary N) is 1. The predicted octanol–water partition coefficient (Wildman–Crippen LogP) is 3.81. The van der Waals surface area contributed by atoms with E-state index in [9.17, 15) is 4.79 Å². The van der Waals surface area contributed by atoms with Crippen LogP contribution in [0.1, 0.15) is 25.3 Å². The number of rotatable bonds is 8. The van der Waals surface area contributed by atoms with Gasteiger partial charge in [-0.3, -0.25) is 4.79 Å². The quantitative estimate of drug-likeness (QED) is 0.564. The van der Waals surface area contributed by atoms with Crippen LogP contribution in [-0.2, 0) is 11.2 Å². The van der Waals surface area contributed by atoms with Crippen molar-refractivity contribution < 1.29 is 4.79 Å². The van der Waals surface area contributed by atoms with E-state index in [1.807, 2.05) is 55.5 Å². The number of allylic oxidation sites excluding steroid dienone is 5. The average Bonchev–Trinajstić information content (AvgIpc) is 2.47. The lowest BCUT2D eigenvalue weighted by molar-refractivity contribution is -0.120. The third-order valence-corrected chi connectivity index (χ3v) is 2.76. The summed E-state index contributed by atoms with van der Waals surface area (Å²) in [6, 6.07) is 10.2. The largest absolute Gasteiger partial charge is 0.356 e. The van der Waals surface area contributed by atoms with Gasteiger partial charge in [-0.15, -0.1) is 0 Å². The molecule has 0 saturated heterocycles. The minimum absolute atomic E-state index is 0.0783. The van der Waals surface area contributed by atoms with Crippen LogP contribution in [0.15, 0.2) is 66.8 Å². The van der Waals surface area contributed by atoms with Crippen LogP contribution in [-0.4, -0.2) is 12.5 Å². The molecule has 0 aliphatic heterocycles. The van der Waals surface area contributed by atoms with E-state index < -0.39 is 0 Å². The Bertz CT molecular complexity index is 458. The fourth-order valence-corrected chi connectivity index (χ4v) is 1.70. The van der Waals surface area contributed by atoms with Gasteiger partial charge >= 0.3 is 0 Å². The van der Waals surface area contributed by atoms with Crippen LogP contribution in [0.5, 0.6) is 0 Å². The molecule has 1 amide bonds. The third kappa shape index (κ3) is 8.09. The molecule has 2 nitrogen and oxygen atoms in total. The van der Waals surface area contributed by atoms with Gasteiger partial charge in [0.25, 0.3) is 0 Å². The summed E-state index contributed by atoms with van der Waals surface area (Å²) in [5.41, 5.74) is 1.25. The summed E-state index contributed by atoms with van der Waals surface area (Å²) < 4.78 is 0. The zero-order valence-electron chi connectivity index (χ0n) is 12.1. The molecule has 0 fully saturated rings. The van der Waals surface area contributed by atoms with Crippen LogP contribution >= 0.6 is 0 Å². The number of amides is 1. The van der Waals surface area contributed by atoms with Crippen molar-refractivity contribution in [3.63, 3.8) is 0 Å². The summed E-state index contributed by atoms with van der Waals surface area (Å²) >= 11 is 0. The van der Waals surface area contributed by atoms with E-state index in [0.29, 0.717) is 13.0 Å². The highest BCUT2D eigenvalue weighted by atomic mass is 16.1. The Hall–Kier alpha value is -2.09. The van der Waals surface area contributed by atoms with Crippen LogP contribution in [0, 0.1) is 0 Å². The number of benzene rings is 1. The molecule has 0 spiro atoms. The van der Waals surface area contributed by atoms with E-state index in [2.05, 4.69) is 23.5 Å². The average molecular weight is 269 g/mol. The van der Waals surface area contributed by atoms with Gasteiger partial charge in [-0.2, -0.15) is 0 Å². The van der Waals surface area contributed by atoms with E-state index in [0.717, 1.165) is 12.8 Å². The maximum Gasteiger partial charge on any atom is 0.223 e. The molecule has 0 aliphatic carbocycles. The highest BCUT2D eigenvalue weighted by Crippen LogP contribution is 1.98. The van der Waals surface area contributed by atoms with Gasteiger partial charge in [0.15, 0.2) is 0 Å². The number of hydrogen-bond acceptors (Lipinski definition) is 1. The van der Waals surface area contributed by atoms with Crippen molar-refractivity contribution in [1.82, 2.24) is 5.32 Å². The smallest absolute Gasteiger partial charge is 0.223 e. The van der Waals surface area contributed by atoms with Crippen molar-refractivity contribution in [1.29, 1.82) is 0 Å². The molecule has 0 aliphatic rings. The maximum absolute atomic E-state index is 11.6. The first-order valence-electron chi connectivity index (χ1n) is 7.06. The van der Waals surface area contributed by atoms with Crippen molar-refractivity contribution in [2.75, 3.05) is 6.54 Å². The highest BCUT2D eigenvalue weighted by molar-refractivity contribution is 5.77. The van der Waals surface area contributed by atoms with Gasteiger partial charge in [-0.25, -0.2) is 0 Å². The van der Waals surface area contributed by atoms with Crippen LogP contribution in [0.4, 0.5) is 0 Å². The van der Waals surface area contributed by atoms with Gasteiger partial charge in [0.05, 0.1) is 0 Å². The summed E-state index contributed by atoms with van der Waals surface area (Å²) in [6.07, 6.45) is 14.2. The van der Waals surface area contributed by atoms with Gasteiger partial charge in [0, 0.05) is 13.0 Å². The van der Waals surface area contributed by atoms with Gasteiger partial charge in [0.2, 0.25) is 5.91 Å². The second kappa shape index (κ2) is 10.8. The van der Waals surface area contributed by atoms with Crippen molar-refractivity contribution in [2.45, 2.75) is 26.2 Å². The summed E-state index contributed by atoms with van der Waals surface area (Å²) in [5, 5.41) is 2.92. The van der Waals surface area contributed by atoms with Gasteiger partial charge in [-0.05, 0) is 25.3 Å². The number of carbonyl (C=O) groups is 1. The first kappa shape index (κ1) is 16.0. The SMILES string of the molecule is CC=CC=CCC=CCC(=O)NCCc1ccccc1. The molecule has 0 heterocycles. The van der Waals surface area contributed by atoms with Crippen LogP contribution in [0.3, 0.4) is 0 Å². The predicted molar refractivity (Wildman–Crippen MR) is 85.5 cm³/mol. The van der Waals surface area contributed by atoms with Crippen LogP contribution in [0.2, 0.25) is 0 Å². The van der Waals surface area contributed by atoms with Crippen molar-refractivity contribution in [2.24, 2.45) is 0 Å². The van der Waals surface area contributed by atoms with E-state index in [1.165, 1.54) is 5.56 Å². The molecule has 1 N–H and O–H groups in total. The Morgan fingerprint density at radius 2 is 1.90 bits per heavy atom. The van der Waals surface area contributed by atoms with E-state index in [1.54, 1.807) is 0 Å². The highest BCUT2D eigenvalue weighted by Gasteiger charge is 1.97. The molecule has 1 aromatic carbocycles. The van der Waals surface area contributed by atoms with E-state index in [4.69, 9.17) is 0 Å². The lowest BCUT2D eigenvalue weighted by Gasteiger charge is -2.03. The second-order valence-electron chi connectivity index (χ2n) is 4.45. The lowest BCUT2D eigenvalue weighted by atomic mass is 10.1. The molecular formula is C18H23NO. The van der Waals surface area contributed by atoms with Gasteiger partial charge < -0.3 is 5.32 Å². The molecule has 1 rings (SSSR count). The molecule has 2 heteroatoms. The Morgan fingerprint density at radius 1 is 1.10 bits per heavy atom. The Balaban J connectivity index is 2.10. The topological polar surface area (TPSA) is 29.1 Å². The number of hydrogen-bond donors (Lipinski definition) is 1. The molecule has 20 heavy (non-hydrogen) atoms. The Labute approximate surface area is 121 Å². The Kier molecular flexibility index (Phi) is 8.62. The Morgan fingerprint density at radius 3 is 2.65 bits per heavy atom. The van der Waals surface area contributed by atoms with Crippen molar-refractivity contribution >= 4 is 5.91 Å². The number of carbonyl (C=O) groups excluding carboxylic acids is 1. The molecule has 0 unspecified atom stereocenters. The lowest BCUT2D eigenvalue weighted by Crippen LogP contribution is -2.24. The summed E-state index contributed by atoms with van der Waals surface area (Å²) in [5.74, 6) is 0.0783. The fraction of sp³-hybridized carbons (Fsp3) is 0.278. The van der Waals surface area contributed by atoms with E-state index >= 15 is 0 Å². The van der Waals surface area contributed by atoms with E-state index in [-0.39, 0.29) is 5.91 Å². The van der Waals surface area contributed by atoms with Crippen molar-refractivity contribution in [3.8, 4) is 0 Å². The maximum atomic E-state index is 11.6. The molecule has 0 atom stereocenters. The monoisotopic (exact) mass is 269 g/mol. The molecule has 0 saturated carbocycles. The molecule has 0 radical (unpaired) electrons. The van der Waals surface area contributed by atoms with Crippen LogP contribution in [0.25, 0.3) is 0 Å². The first-order chi connectivity index (χ1) is 9.83. The summed E-state index contributed by atoms with van der Waals surface area (Å²) in [6.45, 7) is 2.68. The third-order valence-electron chi connectivity index (χ3n) is 2.76.